The highest BCUT2D eigenvalue weighted by molar-refractivity contribution is 6.33. The van der Waals surface area contributed by atoms with Crippen molar-refractivity contribution in [2.45, 2.75) is 25.9 Å². The number of nitrogens with zero attached hydrogens (tertiary/aromatic N) is 2. The Balaban J connectivity index is 1.58. The number of carbonyl (C=O) groups is 2. The summed E-state index contributed by atoms with van der Waals surface area (Å²) in [4.78, 5) is 41.9. The Bertz CT molecular complexity index is 1240. The van der Waals surface area contributed by atoms with Gasteiger partial charge in [-0.1, -0.05) is 29.8 Å². The van der Waals surface area contributed by atoms with Gasteiger partial charge in [0.25, 0.3) is 5.91 Å². The van der Waals surface area contributed by atoms with E-state index in [9.17, 15) is 19.5 Å². The smallest absolute Gasteiger partial charge is 0.338 e. The fourth-order valence-corrected chi connectivity index (χ4v) is 4.10. The second kappa shape index (κ2) is 9.00. The number of rotatable bonds is 5. The van der Waals surface area contributed by atoms with E-state index in [4.69, 9.17) is 20.8 Å². The molecule has 1 amide bonds. The molecule has 3 aromatic rings. The normalized spacial score (nSPS) is 17.2. The first-order valence-corrected chi connectivity index (χ1v) is 10.6. The number of aliphatic carboxylic acids is 1. The van der Waals surface area contributed by atoms with Crippen LogP contribution in [0.4, 0.5) is 0 Å². The molecule has 2 unspecified atom stereocenters. The van der Waals surface area contributed by atoms with E-state index in [1.165, 1.54) is 11.0 Å². The molecule has 1 fully saturated rings. The van der Waals surface area contributed by atoms with E-state index >= 15 is 0 Å². The van der Waals surface area contributed by atoms with Crippen molar-refractivity contribution >= 4 is 34.6 Å². The third kappa shape index (κ3) is 4.45. The second-order valence-electron chi connectivity index (χ2n) is 7.68. The van der Waals surface area contributed by atoms with Crippen molar-refractivity contribution in [1.29, 1.82) is 0 Å². The van der Waals surface area contributed by atoms with Crippen molar-refractivity contribution in [2.75, 3.05) is 13.1 Å². The van der Waals surface area contributed by atoms with Gasteiger partial charge in [0, 0.05) is 46.8 Å². The van der Waals surface area contributed by atoms with E-state index in [0.29, 0.717) is 40.9 Å². The molecule has 166 valence electrons. The van der Waals surface area contributed by atoms with Crippen LogP contribution in [0.1, 0.15) is 19.8 Å². The van der Waals surface area contributed by atoms with Crippen LogP contribution in [0.5, 0.6) is 5.88 Å². The van der Waals surface area contributed by atoms with Crippen molar-refractivity contribution in [3.8, 4) is 17.0 Å². The number of halogens is 1. The van der Waals surface area contributed by atoms with Crippen LogP contribution in [0.25, 0.3) is 22.2 Å². The summed E-state index contributed by atoms with van der Waals surface area (Å²) < 4.78 is 11.0. The van der Waals surface area contributed by atoms with Gasteiger partial charge in [0.05, 0.1) is 5.92 Å². The van der Waals surface area contributed by atoms with Gasteiger partial charge in [-0.2, -0.15) is 4.98 Å². The summed E-state index contributed by atoms with van der Waals surface area (Å²) >= 11 is 6.29. The number of hydrogen-bond acceptors (Lipinski definition) is 6. The molecule has 4 rings (SSSR count). The average molecular weight is 457 g/mol. The summed E-state index contributed by atoms with van der Waals surface area (Å²) in [7, 11) is 0. The molecule has 8 nitrogen and oxygen atoms in total. The van der Waals surface area contributed by atoms with Crippen LogP contribution < -0.4 is 10.4 Å². The van der Waals surface area contributed by atoms with Crippen LogP contribution in [0.3, 0.4) is 0 Å². The Labute approximate surface area is 188 Å². The maximum atomic E-state index is 12.8. The number of carboxylic acid groups (broad SMARTS) is 1. The van der Waals surface area contributed by atoms with Crippen LogP contribution in [0.2, 0.25) is 5.02 Å². The molecule has 0 spiro atoms. The molecule has 1 aromatic carbocycles. The number of benzene rings is 1. The summed E-state index contributed by atoms with van der Waals surface area (Å²) in [5, 5.41) is 10.3. The van der Waals surface area contributed by atoms with Crippen molar-refractivity contribution in [3.05, 3.63) is 57.9 Å². The summed E-state index contributed by atoms with van der Waals surface area (Å²) in [6, 6.07) is 11.8. The third-order valence-electron chi connectivity index (χ3n) is 5.48. The van der Waals surface area contributed by atoms with Gasteiger partial charge in [-0.3, -0.25) is 9.59 Å². The molecule has 0 saturated carbocycles. The minimum absolute atomic E-state index is 0.0634. The van der Waals surface area contributed by atoms with E-state index in [-0.39, 0.29) is 24.0 Å². The van der Waals surface area contributed by atoms with Gasteiger partial charge in [-0.25, -0.2) is 4.79 Å². The predicted octanol–water partition coefficient (Wildman–Crippen LogP) is 3.60. The molecular formula is C23H21ClN2O6. The predicted molar refractivity (Wildman–Crippen MR) is 118 cm³/mol. The van der Waals surface area contributed by atoms with Gasteiger partial charge in [0.1, 0.15) is 0 Å². The molecule has 32 heavy (non-hydrogen) atoms. The van der Waals surface area contributed by atoms with Crippen molar-refractivity contribution in [1.82, 2.24) is 9.88 Å². The monoisotopic (exact) mass is 456 g/mol. The van der Waals surface area contributed by atoms with Crippen molar-refractivity contribution in [2.24, 2.45) is 5.92 Å². The molecule has 1 aliphatic heterocycles. The van der Waals surface area contributed by atoms with E-state index in [0.717, 1.165) is 0 Å². The van der Waals surface area contributed by atoms with E-state index in [2.05, 4.69) is 4.98 Å². The van der Waals surface area contributed by atoms with E-state index < -0.39 is 23.6 Å². The SMILES string of the molecule is CC(Oc1ccc2c(-c3ccccc3Cl)cc(=O)oc2n1)C(=O)N1CCCC(C(=O)O)C1. The number of likely N-dealkylation sites (tertiary alicyclic amines) is 1. The topological polar surface area (TPSA) is 110 Å². The summed E-state index contributed by atoms with van der Waals surface area (Å²) in [6.07, 6.45) is 0.290. The molecule has 9 heteroatoms. The number of hydrogen-bond donors (Lipinski definition) is 1. The number of fused-ring (bicyclic) bond motifs is 1. The summed E-state index contributed by atoms with van der Waals surface area (Å²) in [5.41, 5.74) is 0.727. The highest BCUT2D eigenvalue weighted by atomic mass is 35.5. The Morgan fingerprint density at radius 1 is 1.25 bits per heavy atom. The van der Waals surface area contributed by atoms with Gasteiger partial charge in [-0.05, 0) is 31.9 Å². The number of carboxylic acids is 1. The minimum atomic E-state index is -0.906. The first-order valence-electron chi connectivity index (χ1n) is 10.2. The molecule has 2 atom stereocenters. The van der Waals surface area contributed by atoms with Crippen LogP contribution in [0.15, 0.2) is 51.7 Å². The Morgan fingerprint density at radius 2 is 2.03 bits per heavy atom. The number of ether oxygens (including phenoxy) is 1. The molecule has 3 heterocycles. The molecule has 2 aromatic heterocycles. The fraction of sp³-hybridized carbons (Fsp3) is 0.304. The standard InChI is InChI=1S/C23H21ClN2O6/c1-13(22(28)26-10-4-5-14(12-26)23(29)30)31-19-9-8-16-17(11-20(27)32-21(16)25-19)15-6-2-3-7-18(15)24/h2-3,6-9,11,13-14H,4-5,10,12H2,1H3,(H,29,30). The molecular weight excluding hydrogens is 436 g/mol. The zero-order valence-electron chi connectivity index (χ0n) is 17.3. The lowest BCUT2D eigenvalue weighted by atomic mass is 9.98. The molecule has 1 N–H and O–H groups in total. The minimum Gasteiger partial charge on any atom is -0.481 e. The summed E-state index contributed by atoms with van der Waals surface area (Å²) in [5.74, 6) is -1.68. The first-order chi connectivity index (χ1) is 15.3. The average Bonchev–Trinajstić information content (AvgIpc) is 2.78. The lowest BCUT2D eigenvalue weighted by molar-refractivity contribution is -0.147. The summed E-state index contributed by atoms with van der Waals surface area (Å²) in [6.45, 7) is 2.22. The second-order valence-corrected chi connectivity index (χ2v) is 8.09. The first kappa shape index (κ1) is 21.8. The van der Waals surface area contributed by atoms with Crippen LogP contribution in [-0.2, 0) is 9.59 Å². The Kier molecular flexibility index (Phi) is 6.14. The van der Waals surface area contributed by atoms with Gasteiger partial charge < -0.3 is 19.2 Å². The van der Waals surface area contributed by atoms with Gasteiger partial charge in [0.15, 0.2) is 6.10 Å². The highest BCUT2D eigenvalue weighted by Crippen LogP contribution is 2.32. The Morgan fingerprint density at radius 3 is 2.78 bits per heavy atom. The van der Waals surface area contributed by atoms with Gasteiger partial charge >= 0.3 is 11.6 Å². The fourth-order valence-electron chi connectivity index (χ4n) is 3.86. The van der Waals surface area contributed by atoms with Crippen LogP contribution in [0, 0.1) is 5.92 Å². The number of pyridine rings is 1. The largest absolute Gasteiger partial charge is 0.481 e. The zero-order valence-corrected chi connectivity index (χ0v) is 18.0. The maximum absolute atomic E-state index is 12.8. The third-order valence-corrected chi connectivity index (χ3v) is 5.81. The number of piperidine rings is 1. The zero-order chi connectivity index (χ0) is 22.8. The molecule has 0 bridgehead atoms. The molecule has 0 aliphatic carbocycles. The molecule has 1 aliphatic rings. The lowest BCUT2D eigenvalue weighted by Gasteiger charge is -2.32. The van der Waals surface area contributed by atoms with Crippen LogP contribution in [-0.4, -0.2) is 46.1 Å². The van der Waals surface area contributed by atoms with E-state index in [1.54, 1.807) is 37.3 Å². The molecule has 0 radical (unpaired) electrons. The van der Waals surface area contributed by atoms with E-state index in [1.807, 2.05) is 6.07 Å². The van der Waals surface area contributed by atoms with Gasteiger partial charge in [0.2, 0.25) is 11.6 Å². The van der Waals surface area contributed by atoms with Gasteiger partial charge in [-0.15, -0.1) is 0 Å². The quantitative estimate of drug-likeness (QED) is 0.624. The highest BCUT2D eigenvalue weighted by Gasteiger charge is 2.31. The Hall–Kier alpha value is -3.39. The number of aromatic nitrogens is 1. The number of carbonyl (C=O) groups excluding carboxylic acids is 1. The maximum Gasteiger partial charge on any atom is 0.338 e. The van der Waals surface area contributed by atoms with Crippen LogP contribution >= 0.6 is 11.6 Å². The molecule has 1 saturated heterocycles. The lowest BCUT2D eigenvalue weighted by Crippen LogP contribution is -2.47. The number of amides is 1. The van der Waals surface area contributed by atoms with Crippen molar-refractivity contribution in [3.63, 3.8) is 0 Å². The van der Waals surface area contributed by atoms with Crippen molar-refractivity contribution < 1.29 is 23.8 Å².